The van der Waals surface area contributed by atoms with Crippen molar-refractivity contribution in [2.24, 2.45) is 5.73 Å². The van der Waals surface area contributed by atoms with Gasteiger partial charge in [-0.05, 0) is 0 Å². The molecule has 0 aliphatic carbocycles. The largest absolute Gasteiger partial charge is 0.480 e. The Hall–Kier alpha value is -1.07. The van der Waals surface area contributed by atoms with Crippen LogP contribution in [0.15, 0.2) is 12.3 Å². The van der Waals surface area contributed by atoms with Crippen molar-refractivity contribution in [3.05, 3.63) is 12.3 Å². The summed E-state index contributed by atoms with van der Waals surface area (Å²) in [5.41, 5.74) is 8.20. The van der Waals surface area contributed by atoms with Crippen LogP contribution in [0.1, 0.15) is 0 Å². The Kier molecular flexibility index (Phi) is 2.45. The van der Waals surface area contributed by atoms with Crippen LogP contribution >= 0.6 is 0 Å². The van der Waals surface area contributed by atoms with Crippen LogP contribution in [0.3, 0.4) is 0 Å². The normalized spacial score (nSPS) is 18.8. The molecule has 1 rings (SSSR count). The molecule has 0 spiro atoms. The van der Waals surface area contributed by atoms with Crippen molar-refractivity contribution in [3.8, 4) is 0 Å². The lowest BCUT2D eigenvalue weighted by Gasteiger charge is -2.17. The monoisotopic (exact) mass is 157 g/mol. The number of hydrogen-bond acceptors (Lipinski definition) is 4. The van der Waals surface area contributed by atoms with E-state index in [1.165, 1.54) is 0 Å². The van der Waals surface area contributed by atoms with Crippen molar-refractivity contribution in [1.82, 2.24) is 10.4 Å². The van der Waals surface area contributed by atoms with Gasteiger partial charge < -0.3 is 15.8 Å². The summed E-state index contributed by atoms with van der Waals surface area (Å²) in [5, 5.41) is 10.1. The van der Waals surface area contributed by atoms with Gasteiger partial charge in [0.1, 0.15) is 6.04 Å². The highest BCUT2D eigenvalue weighted by Crippen LogP contribution is 1.93. The number of hydrogen-bond donors (Lipinski definition) is 3. The third kappa shape index (κ3) is 2.21. The molecule has 5 nitrogen and oxygen atoms in total. The molecule has 0 aromatic heterocycles. The molecule has 0 saturated carbocycles. The molecule has 0 radical (unpaired) electrons. The number of rotatable bonds is 3. The second kappa shape index (κ2) is 3.36. The molecule has 1 unspecified atom stereocenters. The molecule has 11 heavy (non-hydrogen) atoms. The molecule has 0 aromatic rings. The molecule has 5 heteroatoms. The lowest BCUT2D eigenvalue weighted by Crippen LogP contribution is -2.44. The van der Waals surface area contributed by atoms with Gasteiger partial charge in [0, 0.05) is 12.7 Å². The van der Waals surface area contributed by atoms with Crippen LogP contribution in [0.25, 0.3) is 0 Å². The van der Waals surface area contributed by atoms with E-state index in [1.807, 2.05) is 6.08 Å². The summed E-state index contributed by atoms with van der Waals surface area (Å²) in [5.74, 6) is -0.980. The lowest BCUT2D eigenvalue weighted by molar-refractivity contribution is -0.138. The van der Waals surface area contributed by atoms with E-state index in [1.54, 1.807) is 11.2 Å². The predicted octanol–water partition coefficient (Wildman–Crippen LogP) is -1.27. The van der Waals surface area contributed by atoms with Crippen LogP contribution in [0.4, 0.5) is 0 Å². The SMILES string of the molecule is NC(CN1C=CCN1)C(=O)O. The van der Waals surface area contributed by atoms with Gasteiger partial charge in [0.05, 0.1) is 6.54 Å². The van der Waals surface area contributed by atoms with Gasteiger partial charge in [-0.15, -0.1) is 0 Å². The second-order valence-electron chi connectivity index (χ2n) is 2.34. The smallest absolute Gasteiger partial charge is 0.322 e. The molecule has 1 heterocycles. The first-order valence-corrected chi connectivity index (χ1v) is 3.35. The van der Waals surface area contributed by atoms with E-state index in [0.717, 1.165) is 6.54 Å². The zero-order valence-corrected chi connectivity index (χ0v) is 6.03. The van der Waals surface area contributed by atoms with Crippen molar-refractivity contribution in [3.63, 3.8) is 0 Å². The lowest BCUT2D eigenvalue weighted by atomic mass is 10.3. The fourth-order valence-corrected chi connectivity index (χ4v) is 0.818. The van der Waals surface area contributed by atoms with Gasteiger partial charge in [-0.2, -0.15) is 0 Å². The van der Waals surface area contributed by atoms with Crippen molar-refractivity contribution < 1.29 is 9.90 Å². The predicted molar refractivity (Wildman–Crippen MR) is 39.5 cm³/mol. The summed E-state index contributed by atoms with van der Waals surface area (Å²) >= 11 is 0. The van der Waals surface area contributed by atoms with E-state index in [0.29, 0.717) is 6.54 Å². The zero-order valence-electron chi connectivity index (χ0n) is 6.03. The van der Waals surface area contributed by atoms with Gasteiger partial charge in [0.25, 0.3) is 0 Å². The van der Waals surface area contributed by atoms with E-state index in [2.05, 4.69) is 5.43 Å². The fourth-order valence-electron chi connectivity index (χ4n) is 0.818. The first kappa shape index (κ1) is 8.03. The van der Waals surface area contributed by atoms with Crippen LogP contribution in [0, 0.1) is 0 Å². The standard InChI is InChI=1S/C6H11N3O2/c7-5(6(10)11)4-9-3-1-2-8-9/h1,3,5,8H,2,4,7H2,(H,10,11). The van der Waals surface area contributed by atoms with Crippen molar-refractivity contribution in [2.45, 2.75) is 6.04 Å². The minimum absolute atomic E-state index is 0.297. The van der Waals surface area contributed by atoms with Gasteiger partial charge in [-0.25, -0.2) is 5.43 Å². The minimum atomic E-state index is -0.980. The van der Waals surface area contributed by atoms with Gasteiger partial charge in [0.2, 0.25) is 0 Å². The number of carboxylic acid groups (broad SMARTS) is 1. The molecular weight excluding hydrogens is 146 g/mol. The minimum Gasteiger partial charge on any atom is -0.480 e. The van der Waals surface area contributed by atoms with Gasteiger partial charge in [-0.1, -0.05) is 6.08 Å². The molecule has 0 amide bonds. The summed E-state index contributed by atoms with van der Waals surface area (Å²) in [6, 6.07) is -0.828. The second-order valence-corrected chi connectivity index (χ2v) is 2.34. The third-order valence-electron chi connectivity index (χ3n) is 1.41. The van der Waals surface area contributed by atoms with Gasteiger partial charge in [-0.3, -0.25) is 4.79 Å². The Labute approximate surface area is 64.4 Å². The summed E-state index contributed by atoms with van der Waals surface area (Å²) in [6.07, 6.45) is 3.68. The Bertz CT molecular complexity index is 181. The maximum atomic E-state index is 10.3. The van der Waals surface area contributed by atoms with Crippen molar-refractivity contribution in [1.29, 1.82) is 0 Å². The molecule has 0 bridgehead atoms. The Balaban J connectivity index is 2.29. The summed E-state index contributed by atoms with van der Waals surface area (Å²) in [6.45, 7) is 1.04. The van der Waals surface area contributed by atoms with Crippen molar-refractivity contribution >= 4 is 5.97 Å². The number of nitrogens with one attached hydrogen (secondary N) is 1. The molecule has 1 aliphatic rings. The molecular formula is C6H11N3O2. The first-order chi connectivity index (χ1) is 5.20. The Morgan fingerprint density at radius 2 is 2.64 bits per heavy atom. The highest BCUT2D eigenvalue weighted by molar-refractivity contribution is 5.73. The Morgan fingerprint density at radius 1 is 1.91 bits per heavy atom. The number of carboxylic acids is 1. The maximum Gasteiger partial charge on any atom is 0.322 e. The fraction of sp³-hybridized carbons (Fsp3) is 0.500. The summed E-state index contributed by atoms with van der Waals surface area (Å²) in [4.78, 5) is 10.3. The quantitative estimate of drug-likeness (QED) is 0.476. The van der Waals surface area contributed by atoms with Crippen molar-refractivity contribution in [2.75, 3.05) is 13.1 Å². The highest BCUT2D eigenvalue weighted by atomic mass is 16.4. The molecule has 1 aliphatic heterocycles. The van der Waals surface area contributed by atoms with E-state index < -0.39 is 12.0 Å². The molecule has 1 atom stereocenters. The zero-order chi connectivity index (χ0) is 8.27. The van der Waals surface area contributed by atoms with Gasteiger partial charge in [0.15, 0.2) is 0 Å². The number of nitrogens with zero attached hydrogens (tertiary/aromatic N) is 1. The number of aliphatic carboxylic acids is 1. The average molecular weight is 157 g/mol. The average Bonchev–Trinajstić information content (AvgIpc) is 2.39. The van der Waals surface area contributed by atoms with E-state index in [-0.39, 0.29) is 0 Å². The molecule has 4 N–H and O–H groups in total. The first-order valence-electron chi connectivity index (χ1n) is 3.35. The number of nitrogens with two attached hydrogens (primary N) is 1. The highest BCUT2D eigenvalue weighted by Gasteiger charge is 2.15. The molecule has 0 saturated heterocycles. The molecule has 0 aromatic carbocycles. The van der Waals surface area contributed by atoms with E-state index >= 15 is 0 Å². The number of carbonyl (C=O) groups is 1. The molecule has 62 valence electrons. The van der Waals surface area contributed by atoms with Crippen LogP contribution in [-0.2, 0) is 4.79 Å². The number of hydrazine groups is 1. The van der Waals surface area contributed by atoms with E-state index in [4.69, 9.17) is 10.8 Å². The van der Waals surface area contributed by atoms with Crippen LogP contribution in [0.2, 0.25) is 0 Å². The third-order valence-corrected chi connectivity index (χ3v) is 1.41. The Morgan fingerprint density at radius 3 is 3.09 bits per heavy atom. The van der Waals surface area contributed by atoms with Crippen LogP contribution in [0.5, 0.6) is 0 Å². The van der Waals surface area contributed by atoms with Gasteiger partial charge >= 0.3 is 5.97 Å². The summed E-state index contributed by atoms with van der Waals surface area (Å²) < 4.78 is 0. The molecule has 0 fully saturated rings. The van der Waals surface area contributed by atoms with Crippen LogP contribution < -0.4 is 11.2 Å². The topological polar surface area (TPSA) is 78.6 Å². The maximum absolute atomic E-state index is 10.3. The van der Waals surface area contributed by atoms with E-state index in [9.17, 15) is 4.79 Å². The van der Waals surface area contributed by atoms with Crippen LogP contribution in [-0.4, -0.2) is 35.2 Å². The summed E-state index contributed by atoms with van der Waals surface area (Å²) in [7, 11) is 0.